The second-order valence-corrected chi connectivity index (χ2v) is 6.52. The summed E-state index contributed by atoms with van der Waals surface area (Å²) in [6, 6.07) is 8.26. The summed E-state index contributed by atoms with van der Waals surface area (Å²) in [6.45, 7) is 3.06. The zero-order valence-electron chi connectivity index (χ0n) is 12.0. The Balaban J connectivity index is 1.58. The number of fused-ring (bicyclic) bond motifs is 2. The van der Waals surface area contributed by atoms with E-state index in [0.717, 1.165) is 29.7 Å². The Bertz CT molecular complexity index is 623. The van der Waals surface area contributed by atoms with Gasteiger partial charge in [0.2, 0.25) is 0 Å². The smallest absolute Gasteiger partial charge is 0.112 e. The monoisotopic (exact) mass is 270 g/mol. The van der Waals surface area contributed by atoms with Gasteiger partial charge < -0.3 is 9.67 Å². The molecular formula is C17H22N2O. The van der Waals surface area contributed by atoms with Gasteiger partial charge in [0.1, 0.15) is 5.82 Å². The molecule has 0 saturated heterocycles. The van der Waals surface area contributed by atoms with Crippen molar-refractivity contribution in [2.45, 2.75) is 45.3 Å². The number of aliphatic hydroxyl groups is 1. The summed E-state index contributed by atoms with van der Waals surface area (Å²) in [6.07, 6.45) is 4.37. The summed E-state index contributed by atoms with van der Waals surface area (Å²) in [7, 11) is 0. The van der Waals surface area contributed by atoms with Crippen molar-refractivity contribution < 1.29 is 5.11 Å². The number of benzene rings is 1. The maximum atomic E-state index is 10.5. The van der Waals surface area contributed by atoms with Crippen molar-refractivity contribution in [1.82, 2.24) is 9.55 Å². The molecule has 1 N–H and O–H groups in total. The summed E-state index contributed by atoms with van der Waals surface area (Å²) in [5.74, 6) is 3.41. The van der Waals surface area contributed by atoms with Gasteiger partial charge >= 0.3 is 0 Å². The molecule has 1 aromatic heterocycles. The molecule has 2 saturated carbocycles. The average molecular weight is 270 g/mol. The molecular weight excluding hydrogens is 248 g/mol. The Morgan fingerprint density at radius 1 is 1.25 bits per heavy atom. The van der Waals surface area contributed by atoms with E-state index in [4.69, 9.17) is 4.98 Å². The summed E-state index contributed by atoms with van der Waals surface area (Å²) in [5, 5.41) is 10.5. The van der Waals surface area contributed by atoms with Crippen LogP contribution in [0.2, 0.25) is 0 Å². The fraction of sp³-hybridized carbons (Fsp3) is 0.588. The first-order chi connectivity index (χ1) is 9.76. The summed E-state index contributed by atoms with van der Waals surface area (Å²) < 4.78 is 2.24. The molecule has 2 aliphatic carbocycles. The lowest BCUT2D eigenvalue weighted by atomic mass is 9.94. The highest BCUT2D eigenvalue weighted by Crippen LogP contribution is 2.55. The van der Waals surface area contributed by atoms with Crippen LogP contribution >= 0.6 is 0 Å². The Hall–Kier alpha value is -1.35. The van der Waals surface area contributed by atoms with Crippen molar-refractivity contribution in [3.63, 3.8) is 0 Å². The van der Waals surface area contributed by atoms with Crippen LogP contribution in [0.3, 0.4) is 0 Å². The lowest BCUT2D eigenvalue weighted by Gasteiger charge is -2.19. The highest BCUT2D eigenvalue weighted by atomic mass is 16.3. The van der Waals surface area contributed by atoms with Gasteiger partial charge in [-0.25, -0.2) is 4.98 Å². The molecule has 0 bridgehead atoms. The van der Waals surface area contributed by atoms with Crippen molar-refractivity contribution >= 4 is 11.0 Å². The minimum absolute atomic E-state index is 0.218. The van der Waals surface area contributed by atoms with Gasteiger partial charge in [-0.1, -0.05) is 12.1 Å². The van der Waals surface area contributed by atoms with Crippen LogP contribution in [0.25, 0.3) is 11.0 Å². The number of aliphatic hydroxyl groups excluding tert-OH is 1. The van der Waals surface area contributed by atoms with Crippen molar-refractivity contribution in [2.24, 2.45) is 17.8 Å². The van der Waals surface area contributed by atoms with E-state index >= 15 is 0 Å². The summed E-state index contributed by atoms with van der Waals surface area (Å²) in [4.78, 5) is 4.73. The molecule has 2 aliphatic rings. The second kappa shape index (κ2) is 4.59. The van der Waals surface area contributed by atoms with Crippen molar-refractivity contribution in [1.29, 1.82) is 0 Å². The van der Waals surface area contributed by atoms with Crippen LogP contribution in [0.4, 0.5) is 0 Å². The molecule has 2 aromatic rings. The molecule has 0 spiro atoms. The van der Waals surface area contributed by atoms with Crippen LogP contribution in [0, 0.1) is 17.8 Å². The number of para-hydroxylation sites is 2. The topological polar surface area (TPSA) is 38.0 Å². The zero-order valence-corrected chi connectivity index (χ0v) is 12.0. The third kappa shape index (κ3) is 1.96. The predicted octanol–water partition coefficient (Wildman–Crippen LogP) is 3.01. The fourth-order valence-electron chi connectivity index (χ4n) is 4.06. The fourth-order valence-corrected chi connectivity index (χ4v) is 4.06. The Morgan fingerprint density at radius 3 is 2.75 bits per heavy atom. The molecule has 3 atom stereocenters. The van der Waals surface area contributed by atoms with E-state index in [-0.39, 0.29) is 6.10 Å². The minimum atomic E-state index is -0.218. The van der Waals surface area contributed by atoms with E-state index in [2.05, 4.69) is 29.7 Å². The van der Waals surface area contributed by atoms with E-state index in [1.54, 1.807) is 0 Å². The number of rotatable bonds is 4. The molecule has 1 aromatic carbocycles. The molecule has 106 valence electrons. The molecule has 1 heterocycles. The van der Waals surface area contributed by atoms with Gasteiger partial charge in [-0.3, -0.25) is 0 Å². The molecule has 3 unspecified atom stereocenters. The zero-order chi connectivity index (χ0) is 13.7. The highest BCUT2D eigenvalue weighted by molar-refractivity contribution is 5.75. The Kier molecular flexibility index (Phi) is 2.84. The van der Waals surface area contributed by atoms with Gasteiger partial charge in [0, 0.05) is 13.0 Å². The van der Waals surface area contributed by atoms with Gasteiger partial charge in [-0.2, -0.15) is 0 Å². The van der Waals surface area contributed by atoms with Crippen LogP contribution in [0.5, 0.6) is 0 Å². The van der Waals surface area contributed by atoms with E-state index in [1.807, 2.05) is 6.07 Å². The van der Waals surface area contributed by atoms with Crippen molar-refractivity contribution in [3.05, 3.63) is 30.1 Å². The third-order valence-corrected chi connectivity index (χ3v) is 5.27. The minimum Gasteiger partial charge on any atom is -0.392 e. The molecule has 2 fully saturated rings. The highest BCUT2D eigenvalue weighted by Gasteiger charge is 2.47. The van der Waals surface area contributed by atoms with E-state index in [9.17, 15) is 5.11 Å². The van der Waals surface area contributed by atoms with Gasteiger partial charge in [0.25, 0.3) is 0 Å². The quantitative estimate of drug-likeness (QED) is 0.927. The Morgan fingerprint density at radius 2 is 2.00 bits per heavy atom. The number of nitrogens with zero attached hydrogens (tertiary/aromatic N) is 2. The first-order valence-corrected chi connectivity index (χ1v) is 7.88. The summed E-state index contributed by atoms with van der Waals surface area (Å²) >= 11 is 0. The maximum Gasteiger partial charge on any atom is 0.112 e. The molecule has 3 heteroatoms. The maximum absolute atomic E-state index is 10.5. The van der Waals surface area contributed by atoms with E-state index in [0.29, 0.717) is 12.3 Å². The largest absolute Gasteiger partial charge is 0.392 e. The average Bonchev–Trinajstić information content (AvgIpc) is 2.93. The van der Waals surface area contributed by atoms with Gasteiger partial charge in [-0.15, -0.1) is 0 Å². The van der Waals surface area contributed by atoms with Crippen molar-refractivity contribution in [3.8, 4) is 0 Å². The predicted molar refractivity (Wildman–Crippen MR) is 79.4 cm³/mol. The molecule has 4 rings (SSSR count). The molecule has 0 amide bonds. The molecule has 3 nitrogen and oxygen atoms in total. The van der Waals surface area contributed by atoms with Crippen LogP contribution in [0.1, 0.15) is 32.0 Å². The SMILES string of the molecule is CCn1c(CC(O)C2CC3CC3C2)nc2ccccc21. The lowest BCUT2D eigenvalue weighted by Crippen LogP contribution is -2.23. The van der Waals surface area contributed by atoms with E-state index in [1.165, 1.54) is 24.8 Å². The van der Waals surface area contributed by atoms with Gasteiger partial charge in [0.05, 0.1) is 17.1 Å². The number of hydrogen-bond acceptors (Lipinski definition) is 2. The molecule has 20 heavy (non-hydrogen) atoms. The normalized spacial score (nSPS) is 29.6. The van der Waals surface area contributed by atoms with Gasteiger partial charge in [0.15, 0.2) is 0 Å². The van der Waals surface area contributed by atoms with Gasteiger partial charge in [-0.05, 0) is 56.1 Å². The van der Waals surface area contributed by atoms with Crippen LogP contribution in [0.15, 0.2) is 24.3 Å². The molecule has 0 radical (unpaired) electrons. The van der Waals surface area contributed by atoms with Crippen LogP contribution in [-0.4, -0.2) is 20.8 Å². The standard InChI is InChI=1S/C17H22N2O/c1-2-19-15-6-4-3-5-14(15)18-17(19)10-16(20)13-8-11-7-12(11)9-13/h3-6,11-13,16,20H,2,7-10H2,1H3. The number of aromatic nitrogens is 2. The third-order valence-electron chi connectivity index (χ3n) is 5.27. The van der Waals surface area contributed by atoms with E-state index < -0.39 is 0 Å². The molecule has 0 aliphatic heterocycles. The Labute approximate surface area is 119 Å². The number of hydrogen-bond donors (Lipinski definition) is 1. The first kappa shape index (κ1) is 12.4. The second-order valence-electron chi connectivity index (χ2n) is 6.52. The summed E-state index contributed by atoms with van der Waals surface area (Å²) in [5.41, 5.74) is 2.23. The first-order valence-electron chi connectivity index (χ1n) is 7.88. The van der Waals surface area contributed by atoms with Crippen LogP contribution < -0.4 is 0 Å². The van der Waals surface area contributed by atoms with Crippen LogP contribution in [-0.2, 0) is 13.0 Å². The number of aryl methyl sites for hydroxylation is 1. The van der Waals surface area contributed by atoms with Crippen molar-refractivity contribution in [2.75, 3.05) is 0 Å². The number of imidazole rings is 1. The lowest BCUT2D eigenvalue weighted by molar-refractivity contribution is 0.101.